The Morgan fingerprint density at radius 3 is 2.65 bits per heavy atom. The molecule has 0 aliphatic carbocycles. The van der Waals surface area contributed by atoms with E-state index in [1.807, 2.05) is 0 Å². The largest absolute Gasteiger partial charge is 0.406 e. The second-order valence-electron chi connectivity index (χ2n) is 3.31. The Hall–Kier alpha value is -1.63. The van der Waals surface area contributed by atoms with E-state index in [1.165, 1.54) is 24.5 Å². The summed E-state index contributed by atoms with van der Waals surface area (Å²) in [5.41, 5.74) is 0.0604. The van der Waals surface area contributed by atoms with E-state index in [4.69, 9.17) is 5.11 Å². The van der Waals surface area contributed by atoms with Gasteiger partial charge in [-0.15, -0.1) is 0 Å². The van der Waals surface area contributed by atoms with Crippen LogP contribution in [0.15, 0.2) is 24.5 Å². The molecule has 0 fully saturated rings. The Labute approximate surface area is 95.7 Å². The lowest BCUT2D eigenvalue weighted by molar-refractivity contribution is -0.141. The van der Waals surface area contributed by atoms with Crippen LogP contribution in [0.25, 0.3) is 0 Å². The molecule has 0 aliphatic heterocycles. The van der Waals surface area contributed by atoms with E-state index in [-0.39, 0.29) is 12.1 Å². The zero-order valence-electron chi connectivity index (χ0n) is 8.81. The van der Waals surface area contributed by atoms with Crippen LogP contribution < -0.4 is 0 Å². The number of hydrogen-bond acceptors (Lipinski definition) is 3. The van der Waals surface area contributed by atoms with Gasteiger partial charge in [0.1, 0.15) is 6.54 Å². The highest BCUT2D eigenvalue weighted by Gasteiger charge is 2.33. The van der Waals surface area contributed by atoms with Gasteiger partial charge in [-0.1, -0.05) is 0 Å². The lowest BCUT2D eigenvalue weighted by atomic mass is 10.2. The molecule has 1 N–H and O–H groups in total. The molecule has 1 aromatic rings. The number of pyridine rings is 1. The number of aliphatic hydroxyl groups excluding tert-OH is 1. The SMILES string of the molecule is O=C(c1cccnc1)N(CCO)CC(F)(F)F. The minimum Gasteiger partial charge on any atom is -0.395 e. The Bertz CT molecular complexity index is 368. The van der Waals surface area contributed by atoms with E-state index in [0.717, 1.165) is 0 Å². The third-order valence-electron chi connectivity index (χ3n) is 1.94. The van der Waals surface area contributed by atoms with Crippen molar-refractivity contribution in [3.63, 3.8) is 0 Å². The summed E-state index contributed by atoms with van der Waals surface area (Å²) in [5.74, 6) is -0.801. The van der Waals surface area contributed by atoms with Crippen LogP contribution in [0.3, 0.4) is 0 Å². The highest BCUT2D eigenvalue weighted by atomic mass is 19.4. The number of halogens is 3. The van der Waals surface area contributed by atoms with Crippen molar-refractivity contribution in [2.45, 2.75) is 6.18 Å². The van der Waals surface area contributed by atoms with Crippen LogP contribution in [0.5, 0.6) is 0 Å². The molecule has 0 bridgehead atoms. The molecule has 0 atom stereocenters. The molecule has 4 nitrogen and oxygen atoms in total. The van der Waals surface area contributed by atoms with E-state index in [9.17, 15) is 18.0 Å². The summed E-state index contributed by atoms with van der Waals surface area (Å²) < 4.78 is 36.6. The monoisotopic (exact) mass is 248 g/mol. The van der Waals surface area contributed by atoms with Gasteiger partial charge < -0.3 is 10.0 Å². The molecule has 17 heavy (non-hydrogen) atoms. The molecule has 0 aromatic carbocycles. The quantitative estimate of drug-likeness (QED) is 0.867. The van der Waals surface area contributed by atoms with Crippen molar-refractivity contribution in [3.8, 4) is 0 Å². The Morgan fingerprint density at radius 2 is 2.18 bits per heavy atom. The topological polar surface area (TPSA) is 53.4 Å². The summed E-state index contributed by atoms with van der Waals surface area (Å²) in [6.45, 7) is -2.28. The molecular weight excluding hydrogens is 237 g/mol. The summed E-state index contributed by atoms with van der Waals surface area (Å²) in [6.07, 6.45) is -1.90. The van der Waals surface area contributed by atoms with Crippen LogP contribution in [-0.2, 0) is 0 Å². The van der Waals surface area contributed by atoms with Crippen molar-refractivity contribution in [1.82, 2.24) is 9.88 Å². The van der Waals surface area contributed by atoms with Crippen LogP contribution in [0.1, 0.15) is 10.4 Å². The molecule has 0 saturated heterocycles. The predicted octanol–water partition coefficient (Wildman–Crippen LogP) is 1.08. The minimum atomic E-state index is -4.49. The Kier molecular flexibility index (Phi) is 4.45. The van der Waals surface area contributed by atoms with Gasteiger partial charge >= 0.3 is 6.18 Å². The maximum Gasteiger partial charge on any atom is 0.406 e. The van der Waals surface area contributed by atoms with Crippen LogP contribution in [0, 0.1) is 0 Å². The molecule has 1 rings (SSSR count). The third kappa shape index (κ3) is 4.39. The second kappa shape index (κ2) is 5.62. The number of aromatic nitrogens is 1. The molecule has 94 valence electrons. The van der Waals surface area contributed by atoms with E-state index < -0.39 is 25.2 Å². The van der Waals surface area contributed by atoms with Crippen molar-refractivity contribution in [1.29, 1.82) is 0 Å². The predicted molar refractivity (Wildman–Crippen MR) is 53.3 cm³/mol. The smallest absolute Gasteiger partial charge is 0.395 e. The number of aliphatic hydroxyl groups is 1. The molecule has 1 heterocycles. The van der Waals surface area contributed by atoms with Gasteiger partial charge in [-0.25, -0.2) is 0 Å². The molecule has 0 spiro atoms. The second-order valence-corrected chi connectivity index (χ2v) is 3.31. The third-order valence-corrected chi connectivity index (χ3v) is 1.94. The lowest BCUT2D eigenvalue weighted by Crippen LogP contribution is -2.40. The van der Waals surface area contributed by atoms with Gasteiger partial charge in [0.15, 0.2) is 0 Å². The molecule has 1 aromatic heterocycles. The summed E-state index contributed by atoms with van der Waals surface area (Å²) in [6, 6.07) is 2.83. The molecule has 0 saturated carbocycles. The minimum absolute atomic E-state index is 0.0604. The van der Waals surface area contributed by atoms with Gasteiger partial charge in [-0.05, 0) is 12.1 Å². The number of nitrogens with zero attached hydrogens (tertiary/aromatic N) is 2. The summed E-state index contributed by atoms with van der Waals surface area (Å²) >= 11 is 0. The fourth-order valence-corrected chi connectivity index (χ4v) is 1.26. The molecule has 7 heteroatoms. The van der Waals surface area contributed by atoms with Crippen LogP contribution in [0.4, 0.5) is 13.2 Å². The Balaban J connectivity index is 2.81. The fourth-order valence-electron chi connectivity index (χ4n) is 1.26. The first-order chi connectivity index (χ1) is 7.94. The van der Waals surface area contributed by atoms with Crippen molar-refractivity contribution < 1.29 is 23.1 Å². The first-order valence-corrected chi connectivity index (χ1v) is 4.81. The van der Waals surface area contributed by atoms with Crippen molar-refractivity contribution in [2.75, 3.05) is 19.7 Å². The van der Waals surface area contributed by atoms with E-state index >= 15 is 0 Å². The highest BCUT2D eigenvalue weighted by molar-refractivity contribution is 5.93. The van der Waals surface area contributed by atoms with Gasteiger partial charge in [0.2, 0.25) is 0 Å². The molecule has 0 radical (unpaired) electrons. The zero-order valence-corrected chi connectivity index (χ0v) is 8.81. The van der Waals surface area contributed by atoms with Crippen LogP contribution in [-0.4, -0.2) is 46.8 Å². The molecule has 0 aliphatic rings. The van der Waals surface area contributed by atoms with Crippen molar-refractivity contribution >= 4 is 5.91 Å². The molecule has 0 unspecified atom stereocenters. The first-order valence-electron chi connectivity index (χ1n) is 4.81. The average Bonchev–Trinajstić information content (AvgIpc) is 2.27. The summed E-state index contributed by atoms with van der Waals surface area (Å²) in [4.78, 5) is 15.9. The number of alkyl halides is 3. The van der Waals surface area contributed by atoms with Gasteiger partial charge in [-0.3, -0.25) is 9.78 Å². The number of carbonyl (C=O) groups is 1. The lowest BCUT2D eigenvalue weighted by Gasteiger charge is -2.22. The van der Waals surface area contributed by atoms with Crippen LogP contribution in [0.2, 0.25) is 0 Å². The van der Waals surface area contributed by atoms with Gasteiger partial charge in [0.25, 0.3) is 5.91 Å². The molecular formula is C10H11F3N2O2. The summed E-state index contributed by atoms with van der Waals surface area (Å²) in [5, 5.41) is 8.65. The van der Waals surface area contributed by atoms with Crippen molar-refractivity contribution in [2.24, 2.45) is 0 Å². The standard InChI is InChI=1S/C10H11F3N2O2/c11-10(12,13)7-15(4-5-16)9(17)8-2-1-3-14-6-8/h1-3,6,16H,4-5,7H2. The van der Waals surface area contributed by atoms with E-state index in [0.29, 0.717) is 4.90 Å². The van der Waals surface area contributed by atoms with Crippen molar-refractivity contribution in [3.05, 3.63) is 30.1 Å². The van der Waals surface area contributed by atoms with E-state index in [1.54, 1.807) is 0 Å². The maximum atomic E-state index is 12.2. The number of rotatable bonds is 4. The highest BCUT2D eigenvalue weighted by Crippen LogP contribution is 2.17. The van der Waals surface area contributed by atoms with Crippen LogP contribution >= 0.6 is 0 Å². The number of amides is 1. The maximum absolute atomic E-state index is 12.2. The Morgan fingerprint density at radius 1 is 1.47 bits per heavy atom. The fraction of sp³-hybridized carbons (Fsp3) is 0.400. The number of hydrogen-bond donors (Lipinski definition) is 1. The van der Waals surface area contributed by atoms with E-state index in [2.05, 4.69) is 4.98 Å². The summed E-state index contributed by atoms with van der Waals surface area (Å²) in [7, 11) is 0. The normalized spacial score (nSPS) is 11.3. The first kappa shape index (κ1) is 13.4. The average molecular weight is 248 g/mol. The van der Waals surface area contributed by atoms with Gasteiger partial charge in [-0.2, -0.15) is 13.2 Å². The molecule has 1 amide bonds. The van der Waals surface area contributed by atoms with Gasteiger partial charge in [0.05, 0.1) is 12.2 Å². The zero-order chi connectivity index (χ0) is 12.9. The number of carbonyl (C=O) groups excluding carboxylic acids is 1. The van der Waals surface area contributed by atoms with Gasteiger partial charge in [0, 0.05) is 18.9 Å².